The molecule has 1 amide bonds. The highest BCUT2D eigenvalue weighted by atomic mass is 35.5. The van der Waals surface area contributed by atoms with E-state index in [1.165, 1.54) is 6.92 Å². The lowest BCUT2D eigenvalue weighted by atomic mass is 9.82. The first-order chi connectivity index (χ1) is 16.8. The number of hydrogen-bond acceptors (Lipinski definition) is 7. The second kappa shape index (κ2) is 15.3. The molecule has 5 unspecified atom stereocenters. The molecule has 0 heterocycles. The van der Waals surface area contributed by atoms with E-state index in [1.807, 2.05) is 37.4 Å². The molecule has 1 saturated carbocycles. The smallest absolute Gasteiger partial charge is 0.328 e. The van der Waals surface area contributed by atoms with Gasteiger partial charge in [-0.25, -0.2) is 4.79 Å². The number of esters is 2. The molecule has 196 valence electrons. The first-order valence-corrected chi connectivity index (χ1v) is 12.9. The summed E-state index contributed by atoms with van der Waals surface area (Å²) in [5.41, 5.74) is 0.864. The molecule has 1 aromatic carbocycles. The number of nitrogens with one attached hydrogen (secondary N) is 2. The van der Waals surface area contributed by atoms with Crippen LogP contribution in [0, 0.1) is 5.92 Å². The van der Waals surface area contributed by atoms with E-state index in [2.05, 4.69) is 10.6 Å². The van der Waals surface area contributed by atoms with Gasteiger partial charge in [-0.05, 0) is 45.3 Å². The first kappa shape index (κ1) is 29.4. The maximum absolute atomic E-state index is 13.4. The van der Waals surface area contributed by atoms with E-state index in [-0.39, 0.29) is 19.4 Å². The van der Waals surface area contributed by atoms with Gasteiger partial charge in [0.25, 0.3) is 0 Å². The van der Waals surface area contributed by atoms with Crippen molar-refractivity contribution in [2.24, 2.45) is 5.92 Å². The zero-order valence-electron chi connectivity index (χ0n) is 20.5. The fraction of sp³-hybridized carbons (Fsp3) is 0.640. The molecule has 35 heavy (non-hydrogen) atoms. The highest BCUT2D eigenvalue weighted by molar-refractivity contribution is 6.25. The summed E-state index contributed by atoms with van der Waals surface area (Å²) in [5, 5.41) is 4.45. The van der Waals surface area contributed by atoms with E-state index in [9.17, 15) is 14.4 Å². The number of benzene rings is 1. The van der Waals surface area contributed by atoms with Gasteiger partial charge >= 0.3 is 11.9 Å². The van der Waals surface area contributed by atoms with Crippen LogP contribution in [0.1, 0.15) is 38.7 Å². The molecule has 10 heteroatoms. The predicted molar refractivity (Wildman–Crippen MR) is 135 cm³/mol. The van der Waals surface area contributed by atoms with Gasteiger partial charge in [0, 0.05) is 20.0 Å². The summed E-state index contributed by atoms with van der Waals surface area (Å²) in [6, 6.07) is 8.39. The Morgan fingerprint density at radius 3 is 2.46 bits per heavy atom. The summed E-state index contributed by atoms with van der Waals surface area (Å²) in [7, 11) is 1.88. The van der Waals surface area contributed by atoms with Crippen LogP contribution in [-0.4, -0.2) is 73.7 Å². The molecular weight excluding hydrogens is 495 g/mol. The van der Waals surface area contributed by atoms with Crippen molar-refractivity contribution in [3.05, 3.63) is 35.9 Å². The van der Waals surface area contributed by atoms with Gasteiger partial charge in [0.05, 0.1) is 29.4 Å². The van der Waals surface area contributed by atoms with Crippen LogP contribution in [0.25, 0.3) is 0 Å². The molecule has 6 atom stereocenters. The molecule has 0 spiro atoms. The van der Waals surface area contributed by atoms with Crippen LogP contribution in [0.15, 0.2) is 30.3 Å². The average molecular weight is 531 g/mol. The standard InChI is InChI=1S/C25H36Cl2N2O6/c1-4-33-25(32)20(14-17-10-6-5-7-11-17)29-24(31)18-15-19(26)23(34-13-9-8-12-28-3)21(27)22(18)35-16(2)30/h5-7,10-11,18-23,28H,4,8-9,12-15H2,1-3H3,(H,29,31)/t18?,19?,20-,21?,22?,23?/m1/s1. The van der Waals surface area contributed by atoms with Crippen molar-refractivity contribution < 1.29 is 28.6 Å². The van der Waals surface area contributed by atoms with Crippen LogP contribution < -0.4 is 10.6 Å². The first-order valence-electron chi connectivity index (χ1n) is 12.0. The Morgan fingerprint density at radius 1 is 1.11 bits per heavy atom. The van der Waals surface area contributed by atoms with Gasteiger partial charge in [-0.1, -0.05) is 30.3 Å². The molecule has 8 nitrogen and oxygen atoms in total. The predicted octanol–water partition coefficient (Wildman–Crippen LogP) is 2.83. The average Bonchev–Trinajstić information content (AvgIpc) is 2.82. The summed E-state index contributed by atoms with van der Waals surface area (Å²) in [6.45, 7) is 4.46. The number of hydrogen-bond donors (Lipinski definition) is 2. The molecular formula is C25H36Cl2N2O6. The van der Waals surface area contributed by atoms with Crippen LogP contribution in [0.2, 0.25) is 0 Å². The van der Waals surface area contributed by atoms with Crippen LogP contribution in [-0.2, 0) is 35.0 Å². The summed E-state index contributed by atoms with van der Waals surface area (Å²) < 4.78 is 16.6. The zero-order chi connectivity index (χ0) is 25.8. The molecule has 1 aromatic rings. The van der Waals surface area contributed by atoms with Crippen LogP contribution >= 0.6 is 23.2 Å². The van der Waals surface area contributed by atoms with Gasteiger partial charge in [0.2, 0.25) is 5.91 Å². The van der Waals surface area contributed by atoms with E-state index < -0.39 is 52.8 Å². The van der Waals surface area contributed by atoms with Crippen molar-refractivity contribution in [1.29, 1.82) is 0 Å². The Labute approximate surface area is 217 Å². The highest BCUT2D eigenvalue weighted by Gasteiger charge is 2.49. The summed E-state index contributed by atoms with van der Waals surface area (Å²) >= 11 is 13.3. The third kappa shape index (κ3) is 9.26. The van der Waals surface area contributed by atoms with Crippen molar-refractivity contribution in [2.45, 2.75) is 68.5 Å². The van der Waals surface area contributed by atoms with Crippen molar-refractivity contribution in [1.82, 2.24) is 10.6 Å². The Balaban J connectivity index is 2.14. The van der Waals surface area contributed by atoms with Crippen molar-refractivity contribution >= 4 is 41.0 Å². The van der Waals surface area contributed by atoms with Crippen molar-refractivity contribution in [3.63, 3.8) is 0 Å². The third-order valence-corrected chi connectivity index (χ3v) is 6.72. The fourth-order valence-corrected chi connectivity index (χ4v) is 5.07. The largest absolute Gasteiger partial charge is 0.464 e. The van der Waals surface area contributed by atoms with E-state index in [1.54, 1.807) is 6.92 Å². The van der Waals surface area contributed by atoms with Gasteiger partial charge in [-0.15, -0.1) is 23.2 Å². The molecule has 0 saturated heterocycles. The van der Waals surface area contributed by atoms with E-state index >= 15 is 0 Å². The Bertz CT molecular complexity index is 812. The van der Waals surface area contributed by atoms with Gasteiger partial charge in [0.1, 0.15) is 12.1 Å². The van der Waals surface area contributed by atoms with Gasteiger partial charge in [-0.3, -0.25) is 9.59 Å². The third-order valence-electron chi connectivity index (χ3n) is 5.80. The Kier molecular flexibility index (Phi) is 12.8. The lowest BCUT2D eigenvalue weighted by Gasteiger charge is -2.41. The summed E-state index contributed by atoms with van der Waals surface area (Å²) in [5.74, 6) is -2.43. The molecule has 2 rings (SSSR count). The number of ether oxygens (including phenoxy) is 3. The number of rotatable bonds is 13. The SMILES string of the molecule is CCOC(=O)[C@@H](Cc1ccccc1)NC(=O)C1CC(Cl)C(OCCCCNC)C(Cl)C1OC(C)=O. The molecule has 0 bridgehead atoms. The highest BCUT2D eigenvalue weighted by Crippen LogP contribution is 2.36. The Hall–Kier alpha value is -1.87. The van der Waals surface area contributed by atoms with Crippen molar-refractivity contribution in [3.8, 4) is 0 Å². The van der Waals surface area contributed by atoms with Gasteiger partial charge in [-0.2, -0.15) is 0 Å². The molecule has 1 fully saturated rings. The number of halogens is 2. The van der Waals surface area contributed by atoms with Crippen LogP contribution in [0.3, 0.4) is 0 Å². The van der Waals surface area contributed by atoms with Crippen molar-refractivity contribution in [2.75, 3.05) is 26.8 Å². The molecule has 0 radical (unpaired) electrons. The second-order valence-electron chi connectivity index (χ2n) is 8.53. The quantitative estimate of drug-likeness (QED) is 0.229. The van der Waals surface area contributed by atoms with Gasteiger partial charge < -0.3 is 24.8 Å². The monoisotopic (exact) mass is 530 g/mol. The number of alkyl halides is 2. The lowest BCUT2D eigenvalue weighted by Crippen LogP contribution is -2.57. The number of carbonyl (C=O) groups is 3. The van der Waals surface area contributed by atoms with E-state index in [0.29, 0.717) is 6.61 Å². The molecule has 2 N–H and O–H groups in total. The number of amides is 1. The zero-order valence-corrected chi connectivity index (χ0v) is 22.0. The van der Waals surface area contributed by atoms with Crippen LogP contribution in [0.4, 0.5) is 0 Å². The number of carbonyl (C=O) groups excluding carboxylic acids is 3. The normalized spacial score (nSPS) is 24.9. The lowest BCUT2D eigenvalue weighted by molar-refractivity contribution is -0.159. The van der Waals surface area contributed by atoms with Crippen LogP contribution in [0.5, 0.6) is 0 Å². The molecule has 0 aliphatic heterocycles. The minimum atomic E-state index is -0.953. The topological polar surface area (TPSA) is 103 Å². The molecule has 0 aromatic heterocycles. The second-order valence-corrected chi connectivity index (χ2v) is 9.59. The maximum Gasteiger partial charge on any atom is 0.328 e. The van der Waals surface area contributed by atoms with Gasteiger partial charge in [0.15, 0.2) is 0 Å². The summed E-state index contributed by atoms with van der Waals surface area (Å²) in [6.07, 6.45) is 0.628. The maximum atomic E-state index is 13.4. The fourth-order valence-electron chi connectivity index (χ4n) is 4.10. The van der Waals surface area contributed by atoms with E-state index in [4.69, 9.17) is 37.4 Å². The molecule has 1 aliphatic carbocycles. The minimum absolute atomic E-state index is 0.177. The minimum Gasteiger partial charge on any atom is -0.464 e. The summed E-state index contributed by atoms with van der Waals surface area (Å²) in [4.78, 5) is 37.8. The Morgan fingerprint density at radius 2 is 1.83 bits per heavy atom. The van der Waals surface area contributed by atoms with E-state index in [0.717, 1.165) is 24.9 Å². The number of unbranched alkanes of at least 4 members (excludes halogenated alkanes) is 1. The molecule has 1 aliphatic rings.